The Morgan fingerprint density at radius 2 is 2.21 bits per heavy atom. The lowest BCUT2D eigenvalue weighted by molar-refractivity contribution is -0.0366. The normalized spacial score (nSPS) is 41.7. The van der Waals surface area contributed by atoms with Crippen molar-refractivity contribution in [2.24, 2.45) is 5.92 Å². The van der Waals surface area contributed by atoms with E-state index in [9.17, 15) is 0 Å². The van der Waals surface area contributed by atoms with Crippen LogP contribution in [0.5, 0.6) is 0 Å². The Kier molecular flexibility index (Phi) is 2.78. The van der Waals surface area contributed by atoms with Gasteiger partial charge in [-0.2, -0.15) is 5.26 Å². The lowest BCUT2D eigenvalue weighted by Crippen LogP contribution is -2.25. The second-order valence-electron chi connectivity index (χ2n) is 4.84. The predicted molar refractivity (Wildman–Crippen MR) is 54.7 cm³/mol. The highest BCUT2D eigenvalue weighted by Crippen LogP contribution is 2.47. The van der Waals surface area contributed by atoms with Crippen molar-refractivity contribution in [3.63, 3.8) is 0 Å². The van der Waals surface area contributed by atoms with Gasteiger partial charge >= 0.3 is 0 Å². The van der Waals surface area contributed by atoms with Gasteiger partial charge < -0.3 is 4.74 Å². The summed E-state index contributed by atoms with van der Waals surface area (Å²) in [5.74, 6) is 0.871. The number of hydrogen-bond donors (Lipinski definition) is 0. The topological polar surface area (TPSA) is 33.0 Å². The Hall–Kier alpha value is -0.550. The minimum atomic E-state index is 0.183. The zero-order valence-electron chi connectivity index (χ0n) is 8.96. The van der Waals surface area contributed by atoms with Gasteiger partial charge in [0, 0.05) is 0 Å². The summed E-state index contributed by atoms with van der Waals surface area (Å²) in [6.07, 6.45) is 8.19. The molecule has 3 unspecified atom stereocenters. The second kappa shape index (κ2) is 3.90. The first-order valence-electron chi connectivity index (χ1n) is 5.83. The Morgan fingerprint density at radius 3 is 2.86 bits per heavy atom. The second-order valence-corrected chi connectivity index (χ2v) is 4.84. The molecule has 1 saturated heterocycles. The maximum Gasteiger partial charge on any atom is 0.0713 e. The lowest BCUT2D eigenvalue weighted by atomic mass is 9.95. The Morgan fingerprint density at radius 1 is 1.43 bits per heavy atom. The molecule has 2 aliphatic rings. The molecule has 0 aromatic carbocycles. The van der Waals surface area contributed by atoms with Gasteiger partial charge in [0.15, 0.2) is 0 Å². The average molecular weight is 193 g/mol. The van der Waals surface area contributed by atoms with Gasteiger partial charge in [-0.15, -0.1) is 0 Å². The Labute approximate surface area is 86.2 Å². The molecule has 0 aromatic rings. The van der Waals surface area contributed by atoms with E-state index in [4.69, 9.17) is 10.00 Å². The summed E-state index contributed by atoms with van der Waals surface area (Å²) in [6.45, 7) is 2.27. The van der Waals surface area contributed by atoms with E-state index in [1.165, 1.54) is 32.1 Å². The molecule has 1 aliphatic heterocycles. The third-order valence-electron chi connectivity index (χ3n) is 3.90. The van der Waals surface area contributed by atoms with E-state index < -0.39 is 0 Å². The maximum atomic E-state index is 8.63. The lowest BCUT2D eigenvalue weighted by Gasteiger charge is -2.23. The van der Waals surface area contributed by atoms with Crippen molar-refractivity contribution in [2.75, 3.05) is 0 Å². The first-order valence-corrected chi connectivity index (χ1v) is 5.83. The highest BCUT2D eigenvalue weighted by Gasteiger charge is 2.44. The first kappa shape index (κ1) is 9.98. The highest BCUT2D eigenvalue weighted by molar-refractivity contribution is 4.97. The van der Waals surface area contributed by atoms with Crippen LogP contribution in [-0.4, -0.2) is 11.7 Å². The summed E-state index contributed by atoms with van der Waals surface area (Å²) in [4.78, 5) is 0. The Bertz CT molecular complexity index is 245. The van der Waals surface area contributed by atoms with Gasteiger partial charge in [0.05, 0.1) is 24.2 Å². The monoisotopic (exact) mass is 193 g/mol. The summed E-state index contributed by atoms with van der Waals surface area (Å²) in [5, 5.41) is 8.63. The van der Waals surface area contributed by atoms with Crippen molar-refractivity contribution >= 4 is 0 Å². The minimum absolute atomic E-state index is 0.183. The molecule has 1 aliphatic carbocycles. The van der Waals surface area contributed by atoms with E-state index in [1.807, 2.05) is 0 Å². The number of nitrogens with zero attached hydrogens (tertiary/aromatic N) is 1. The van der Waals surface area contributed by atoms with Crippen LogP contribution in [0.2, 0.25) is 0 Å². The van der Waals surface area contributed by atoms with Gasteiger partial charge in [-0.05, 0) is 38.0 Å². The molecule has 78 valence electrons. The van der Waals surface area contributed by atoms with Crippen molar-refractivity contribution in [3.05, 3.63) is 0 Å². The molecule has 2 heteroatoms. The van der Waals surface area contributed by atoms with Gasteiger partial charge in [0.2, 0.25) is 0 Å². The fraction of sp³-hybridized carbons (Fsp3) is 0.917. The molecular weight excluding hydrogens is 174 g/mol. The maximum absolute atomic E-state index is 8.63. The van der Waals surface area contributed by atoms with Crippen molar-refractivity contribution in [2.45, 2.75) is 63.6 Å². The first-order chi connectivity index (χ1) is 6.78. The molecule has 1 spiro atoms. The predicted octanol–water partition coefficient (Wildman–Crippen LogP) is 3.03. The molecule has 2 nitrogen and oxygen atoms in total. The average Bonchev–Trinajstić information content (AvgIpc) is 2.76. The van der Waals surface area contributed by atoms with E-state index in [0.29, 0.717) is 6.42 Å². The third-order valence-corrected chi connectivity index (χ3v) is 3.90. The van der Waals surface area contributed by atoms with Crippen LogP contribution < -0.4 is 0 Å². The fourth-order valence-electron chi connectivity index (χ4n) is 3.02. The molecule has 0 aromatic heterocycles. The van der Waals surface area contributed by atoms with Gasteiger partial charge in [-0.3, -0.25) is 0 Å². The third kappa shape index (κ3) is 1.79. The summed E-state index contributed by atoms with van der Waals surface area (Å²) < 4.78 is 6.06. The van der Waals surface area contributed by atoms with Crippen molar-refractivity contribution < 1.29 is 4.74 Å². The largest absolute Gasteiger partial charge is 0.371 e. The van der Waals surface area contributed by atoms with Gasteiger partial charge in [0.1, 0.15) is 0 Å². The van der Waals surface area contributed by atoms with Crippen LogP contribution in [0.3, 0.4) is 0 Å². The molecule has 2 rings (SSSR count). The van der Waals surface area contributed by atoms with Crippen LogP contribution in [0.4, 0.5) is 0 Å². The molecule has 1 heterocycles. The van der Waals surface area contributed by atoms with E-state index in [0.717, 1.165) is 12.3 Å². The molecule has 0 amide bonds. The van der Waals surface area contributed by atoms with Gasteiger partial charge in [-0.25, -0.2) is 0 Å². The van der Waals surface area contributed by atoms with Crippen LogP contribution >= 0.6 is 0 Å². The molecule has 2 fully saturated rings. The standard InChI is InChI=1S/C12H19NO/c1-2-10-3-6-12(9-10)7-4-11(14-12)5-8-13/h10-11H,2-7,9H2,1H3. The molecule has 3 atom stereocenters. The number of rotatable bonds is 2. The molecular formula is C12H19NO. The number of ether oxygens (including phenoxy) is 1. The van der Waals surface area contributed by atoms with Crippen LogP contribution in [0, 0.1) is 17.2 Å². The summed E-state index contributed by atoms with van der Waals surface area (Å²) >= 11 is 0. The summed E-state index contributed by atoms with van der Waals surface area (Å²) in [7, 11) is 0. The van der Waals surface area contributed by atoms with Crippen molar-refractivity contribution in [3.8, 4) is 6.07 Å². The van der Waals surface area contributed by atoms with Crippen LogP contribution in [-0.2, 0) is 4.74 Å². The fourth-order valence-corrected chi connectivity index (χ4v) is 3.02. The quantitative estimate of drug-likeness (QED) is 0.675. The van der Waals surface area contributed by atoms with Crippen LogP contribution in [0.15, 0.2) is 0 Å². The molecule has 1 saturated carbocycles. The summed E-state index contributed by atoms with van der Waals surface area (Å²) in [5.41, 5.74) is 0.183. The van der Waals surface area contributed by atoms with Crippen molar-refractivity contribution in [1.29, 1.82) is 5.26 Å². The summed E-state index contributed by atoms with van der Waals surface area (Å²) in [6, 6.07) is 2.22. The number of hydrogen-bond acceptors (Lipinski definition) is 2. The smallest absolute Gasteiger partial charge is 0.0713 e. The zero-order valence-corrected chi connectivity index (χ0v) is 8.96. The molecule has 0 N–H and O–H groups in total. The van der Waals surface area contributed by atoms with E-state index in [2.05, 4.69) is 13.0 Å². The van der Waals surface area contributed by atoms with E-state index in [1.54, 1.807) is 0 Å². The molecule has 14 heavy (non-hydrogen) atoms. The Balaban J connectivity index is 1.91. The highest BCUT2D eigenvalue weighted by atomic mass is 16.5. The van der Waals surface area contributed by atoms with Crippen LogP contribution in [0.1, 0.15) is 51.9 Å². The number of nitriles is 1. The van der Waals surface area contributed by atoms with Crippen LogP contribution in [0.25, 0.3) is 0 Å². The zero-order chi connectivity index (χ0) is 10.0. The molecule has 0 radical (unpaired) electrons. The minimum Gasteiger partial charge on any atom is -0.371 e. The van der Waals surface area contributed by atoms with Gasteiger partial charge in [0.25, 0.3) is 0 Å². The van der Waals surface area contributed by atoms with E-state index >= 15 is 0 Å². The molecule has 0 bridgehead atoms. The SMILES string of the molecule is CCC1CCC2(CCC(CC#N)O2)C1. The van der Waals surface area contributed by atoms with Gasteiger partial charge in [-0.1, -0.05) is 13.3 Å². The van der Waals surface area contributed by atoms with E-state index in [-0.39, 0.29) is 11.7 Å². The van der Waals surface area contributed by atoms with Crippen molar-refractivity contribution in [1.82, 2.24) is 0 Å².